The minimum atomic E-state index is 0.523. The Balaban J connectivity index is 2.17. The van der Waals surface area contributed by atoms with Crippen molar-refractivity contribution < 1.29 is 2.74 Å². The first-order valence-electron chi connectivity index (χ1n) is 5.78. The van der Waals surface area contributed by atoms with E-state index in [0.717, 1.165) is 21.2 Å². The number of anilines is 2. The smallest absolute Gasteiger partial charge is 0.0623 e. The molecule has 2 aromatic carbocycles. The zero-order valence-corrected chi connectivity index (χ0v) is 9.14. The average molecular weight is 215 g/mol. The molecule has 3 rings (SSSR count). The highest BCUT2D eigenvalue weighted by atomic mass is 32.2. The first-order chi connectivity index (χ1) is 8.15. The normalized spacial score (nSPS) is 15.1. The van der Waals surface area contributed by atoms with Gasteiger partial charge in [-0.15, -0.1) is 0 Å². The maximum absolute atomic E-state index is 7.66. The molecule has 1 nitrogen and oxygen atoms in total. The summed E-state index contributed by atoms with van der Waals surface area (Å²) in [6.45, 7) is 0. The summed E-state index contributed by atoms with van der Waals surface area (Å²) in [6.07, 6.45) is 0. The molecule has 2 heteroatoms. The molecule has 0 N–H and O–H groups in total. The van der Waals surface area contributed by atoms with Gasteiger partial charge in [0.2, 0.25) is 0 Å². The lowest BCUT2D eigenvalue weighted by Gasteiger charge is -2.29. The molecule has 0 bridgehead atoms. The van der Waals surface area contributed by atoms with Crippen molar-refractivity contribution in [3.8, 4) is 0 Å². The summed E-state index contributed by atoms with van der Waals surface area (Å²) < 4.78 is 15.3. The quantitative estimate of drug-likeness (QED) is 0.655. The molecular formula is C13H11NS. The van der Waals surface area contributed by atoms with E-state index < -0.39 is 0 Å². The molecule has 0 aromatic heterocycles. The number of nitrogens with zero attached hydrogens (tertiary/aromatic N) is 1. The number of fused-ring (bicyclic) bond motifs is 2. The lowest BCUT2D eigenvalue weighted by Crippen LogP contribution is -2.14. The van der Waals surface area contributed by atoms with Crippen molar-refractivity contribution in [3.05, 3.63) is 48.5 Å². The zero-order chi connectivity index (χ0) is 12.0. The minimum absolute atomic E-state index is 0.523. The average Bonchev–Trinajstić information content (AvgIpc) is 2.28. The fraction of sp³-hybridized carbons (Fsp3) is 0.0769. The van der Waals surface area contributed by atoms with E-state index in [1.165, 1.54) is 0 Å². The van der Waals surface area contributed by atoms with Crippen LogP contribution < -0.4 is 4.90 Å². The van der Waals surface area contributed by atoms with E-state index in [-0.39, 0.29) is 0 Å². The van der Waals surface area contributed by atoms with Gasteiger partial charge >= 0.3 is 0 Å². The van der Waals surface area contributed by atoms with E-state index >= 15 is 0 Å². The van der Waals surface area contributed by atoms with Crippen LogP contribution in [0.15, 0.2) is 58.3 Å². The largest absolute Gasteiger partial charge is 0.343 e. The maximum atomic E-state index is 7.66. The highest BCUT2D eigenvalue weighted by molar-refractivity contribution is 7.99. The lowest BCUT2D eigenvalue weighted by atomic mass is 10.2. The summed E-state index contributed by atoms with van der Waals surface area (Å²) in [5.41, 5.74) is 2.24. The van der Waals surface area contributed by atoms with Crippen molar-refractivity contribution in [1.82, 2.24) is 0 Å². The van der Waals surface area contributed by atoms with Gasteiger partial charge in [-0.25, -0.2) is 0 Å². The molecule has 1 aliphatic rings. The Kier molecular flexibility index (Phi) is 1.54. The van der Waals surface area contributed by atoms with Crippen molar-refractivity contribution in [2.75, 3.05) is 11.9 Å². The summed E-state index contributed by atoms with van der Waals surface area (Å²) in [5.74, 6) is 0. The van der Waals surface area contributed by atoms with Gasteiger partial charge in [0.25, 0.3) is 0 Å². The third-order valence-electron chi connectivity index (χ3n) is 2.55. The van der Waals surface area contributed by atoms with Gasteiger partial charge in [-0.1, -0.05) is 36.0 Å². The van der Waals surface area contributed by atoms with Gasteiger partial charge in [0.05, 0.1) is 14.1 Å². The Morgan fingerprint density at radius 1 is 1.00 bits per heavy atom. The maximum Gasteiger partial charge on any atom is 0.0623 e. The van der Waals surface area contributed by atoms with Gasteiger partial charge in [0, 0.05) is 16.8 Å². The number of hydrogen-bond donors (Lipinski definition) is 0. The number of para-hydroxylation sites is 2. The molecule has 15 heavy (non-hydrogen) atoms. The van der Waals surface area contributed by atoms with E-state index in [9.17, 15) is 0 Å². The van der Waals surface area contributed by atoms with Crippen LogP contribution in [0.5, 0.6) is 0 Å². The Morgan fingerprint density at radius 3 is 2.07 bits per heavy atom. The van der Waals surface area contributed by atoms with Crippen LogP contribution in [0.2, 0.25) is 0 Å². The van der Waals surface area contributed by atoms with Crippen LogP contribution >= 0.6 is 11.8 Å². The van der Waals surface area contributed by atoms with Gasteiger partial charge in [0.1, 0.15) is 0 Å². The molecule has 0 amide bonds. The molecule has 0 unspecified atom stereocenters. The third kappa shape index (κ3) is 1.33. The highest BCUT2D eigenvalue weighted by Crippen LogP contribution is 2.46. The fourth-order valence-electron chi connectivity index (χ4n) is 1.78. The van der Waals surface area contributed by atoms with Crippen LogP contribution in [-0.2, 0) is 0 Å². The second-order valence-electron chi connectivity index (χ2n) is 3.45. The Labute approximate surface area is 96.5 Å². The van der Waals surface area contributed by atoms with Crippen molar-refractivity contribution in [2.45, 2.75) is 9.79 Å². The van der Waals surface area contributed by atoms with E-state index in [1.54, 1.807) is 23.9 Å². The minimum Gasteiger partial charge on any atom is -0.343 e. The summed E-state index contributed by atoms with van der Waals surface area (Å²) in [4.78, 5) is 4.27. The highest BCUT2D eigenvalue weighted by Gasteiger charge is 2.18. The zero-order valence-electron chi connectivity index (χ0n) is 10.3. The van der Waals surface area contributed by atoms with Gasteiger partial charge < -0.3 is 4.90 Å². The predicted molar refractivity (Wildman–Crippen MR) is 65.1 cm³/mol. The SMILES string of the molecule is [2H]c1ccc2c(c1)Sc1cc([2H])ccc1N2C. The summed E-state index contributed by atoms with van der Waals surface area (Å²) >= 11 is 1.63. The van der Waals surface area contributed by atoms with Crippen LogP contribution in [0.1, 0.15) is 2.74 Å². The standard InChI is InChI=1S/C13H11NS/c1-14-10-6-2-4-8-12(10)15-13-9-5-3-7-11(13)14/h2-9H,1H3/i4D,5D. The van der Waals surface area contributed by atoms with Crippen molar-refractivity contribution in [2.24, 2.45) is 0 Å². The van der Waals surface area contributed by atoms with Gasteiger partial charge in [-0.05, 0) is 24.3 Å². The molecule has 0 fully saturated rings. The third-order valence-corrected chi connectivity index (χ3v) is 3.65. The molecule has 74 valence electrons. The predicted octanol–water partition coefficient (Wildman–Crippen LogP) is 3.92. The van der Waals surface area contributed by atoms with Gasteiger partial charge in [0.15, 0.2) is 0 Å². The Morgan fingerprint density at radius 2 is 1.53 bits per heavy atom. The van der Waals surface area contributed by atoms with Gasteiger partial charge in [-0.2, -0.15) is 0 Å². The molecule has 0 radical (unpaired) electrons. The van der Waals surface area contributed by atoms with E-state index in [1.807, 2.05) is 31.3 Å². The molecular weight excluding hydrogens is 202 g/mol. The van der Waals surface area contributed by atoms with E-state index in [2.05, 4.69) is 4.90 Å². The molecule has 0 saturated heterocycles. The van der Waals surface area contributed by atoms with Crippen LogP contribution in [-0.4, -0.2) is 7.05 Å². The second kappa shape index (κ2) is 3.31. The first-order valence-corrected chi connectivity index (χ1v) is 5.60. The van der Waals surface area contributed by atoms with Crippen LogP contribution in [0.4, 0.5) is 11.4 Å². The molecule has 1 heterocycles. The van der Waals surface area contributed by atoms with Crippen LogP contribution in [0, 0.1) is 0 Å². The molecule has 0 saturated carbocycles. The number of hydrogen-bond acceptors (Lipinski definition) is 2. The molecule has 2 aromatic rings. The molecule has 0 aliphatic carbocycles. The molecule has 0 spiro atoms. The summed E-state index contributed by atoms with van der Waals surface area (Å²) in [7, 11) is 2.02. The lowest BCUT2D eigenvalue weighted by molar-refractivity contribution is 1.11. The number of rotatable bonds is 0. The summed E-state index contributed by atoms with van der Waals surface area (Å²) in [5, 5.41) is 0. The van der Waals surface area contributed by atoms with Crippen molar-refractivity contribution >= 4 is 23.1 Å². The topological polar surface area (TPSA) is 3.24 Å². The van der Waals surface area contributed by atoms with Crippen LogP contribution in [0.3, 0.4) is 0 Å². The van der Waals surface area contributed by atoms with Crippen LogP contribution in [0.25, 0.3) is 0 Å². The molecule has 1 aliphatic heterocycles. The van der Waals surface area contributed by atoms with E-state index in [0.29, 0.717) is 12.1 Å². The van der Waals surface area contributed by atoms with Crippen molar-refractivity contribution in [1.29, 1.82) is 0 Å². The van der Waals surface area contributed by atoms with Crippen molar-refractivity contribution in [3.63, 3.8) is 0 Å². The monoisotopic (exact) mass is 215 g/mol. The first kappa shape index (κ1) is 6.96. The fourth-order valence-corrected chi connectivity index (χ4v) is 2.89. The summed E-state index contributed by atoms with van der Waals surface area (Å²) in [6, 6.07) is 12.3. The molecule has 0 atom stereocenters. The Hall–Kier alpha value is -1.41. The van der Waals surface area contributed by atoms with Gasteiger partial charge in [-0.3, -0.25) is 0 Å². The second-order valence-corrected chi connectivity index (χ2v) is 4.53. The van der Waals surface area contributed by atoms with E-state index in [4.69, 9.17) is 2.74 Å². The number of benzene rings is 2. The Bertz CT molecular complexity index is 546.